The van der Waals surface area contributed by atoms with Gasteiger partial charge in [0.05, 0.1) is 5.58 Å². The molecule has 0 amide bonds. The Morgan fingerprint density at radius 3 is 2.25 bits per heavy atom. The van der Waals surface area contributed by atoms with Crippen LogP contribution in [-0.2, 0) is 20.1 Å². The van der Waals surface area contributed by atoms with Gasteiger partial charge >= 0.3 is 0 Å². The number of fused-ring (bicyclic) bond motifs is 3. The monoisotopic (exact) mass is 695 g/mol. The van der Waals surface area contributed by atoms with Crippen molar-refractivity contribution < 1.29 is 24.5 Å². The van der Waals surface area contributed by atoms with E-state index in [1.807, 2.05) is 91.3 Å². The summed E-state index contributed by atoms with van der Waals surface area (Å²) in [6.07, 6.45) is 3.76. The average molecular weight is 695 g/mol. The minimum absolute atomic E-state index is 0. The summed E-state index contributed by atoms with van der Waals surface area (Å²) in [7, 11) is 0. The number of hydrogen-bond donors (Lipinski definition) is 0. The van der Waals surface area contributed by atoms with E-state index >= 15 is 0 Å². The number of furan rings is 1. The fourth-order valence-corrected chi connectivity index (χ4v) is 4.73. The number of aryl methyl sites for hydroxylation is 2. The first-order chi connectivity index (χ1) is 19.2. The van der Waals surface area contributed by atoms with E-state index in [1.54, 1.807) is 0 Å². The SMILES string of the molecule is Cc1cc(-c2[c-]cccc2)ncc1-c1ccccc1.Cc1ccnc(-c2[c-]ccc3c2oc2ccccc23)c1.[Ir]. The second-order valence-corrected chi connectivity index (χ2v) is 9.44. The van der Waals surface area contributed by atoms with E-state index in [-0.39, 0.29) is 20.1 Å². The molecule has 0 N–H and O–H groups in total. The molecule has 0 unspecified atom stereocenters. The number of pyridine rings is 2. The number of rotatable bonds is 3. The standard InChI is InChI=1S/C18H12NO.C18H14N.Ir/c1-12-9-10-19-16(11-12)15-7-4-6-14-13-5-2-3-8-17(13)20-18(14)15;1-14-12-18(16-10-6-3-7-11-16)19-13-17(14)15-8-4-2-5-9-15;/h2-6,8-11H,1H3;2-10,12-13H,1H3;/q2*-1;. The summed E-state index contributed by atoms with van der Waals surface area (Å²) >= 11 is 0. The minimum Gasteiger partial charge on any atom is -0.501 e. The van der Waals surface area contributed by atoms with E-state index in [0.717, 1.165) is 44.5 Å². The second-order valence-electron chi connectivity index (χ2n) is 9.44. The molecule has 7 rings (SSSR count). The van der Waals surface area contributed by atoms with Crippen LogP contribution in [0.1, 0.15) is 11.1 Å². The number of aromatic nitrogens is 2. The molecule has 0 aliphatic carbocycles. The van der Waals surface area contributed by atoms with Gasteiger partial charge in [-0.3, -0.25) is 0 Å². The summed E-state index contributed by atoms with van der Waals surface area (Å²) in [6.45, 7) is 4.18. The summed E-state index contributed by atoms with van der Waals surface area (Å²) in [5.74, 6) is 0. The van der Waals surface area contributed by atoms with E-state index in [2.05, 4.69) is 66.3 Å². The zero-order chi connectivity index (χ0) is 26.6. The van der Waals surface area contributed by atoms with Crippen LogP contribution in [-0.4, -0.2) is 9.97 Å². The van der Waals surface area contributed by atoms with Gasteiger partial charge in [-0.15, -0.1) is 54.1 Å². The minimum atomic E-state index is 0. The first kappa shape index (κ1) is 27.2. The summed E-state index contributed by atoms with van der Waals surface area (Å²) in [5.41, 5.74) is 10.4. The average Bonchev–Trinajstić information content (AvgIpc) is 3.37. The van der Waals surface area contributed by atoms with Crippen molar-refractivity contribution in [2.75, 3.05) is 0 Å². The zero-order valence-corrected chi connectivity index (χ0v) is 24.6. The maximum absolute atomic E-state index is 6.01. The van der Waals surface area contributed by atoms with Gasteiger partial charge in [-0.25, -0.2) is 0 Å². The third-order valence-corrected chi connectivity index (χ3v) is 6.69. The molecule has 197 valence electrons. The molecule has 0 atom stereocenters. The van der Waals surface area contributed by atoms with E-state index in [1.165, 1.54) is 22.3 Å². The van der Waals surface area contributed by atoms with Crippen molar-refractivity contribution in [3.63, 3.8) is 0 Å². The molecule has 0 saturated heterocycles. The van der Waals surface area contributed by atoms with Crippen LogP contribution in [0.2, 0.25) is 0 Å². The normalized spacial score (nSPS) is 10.6. The predicted octanol–water partition coefficient (Wildman–Crippen LogP) is 9.28. The Labute approximate surface area is 247 Å². The maximum Gasteiger partial charge on any atom is 0.120 e. The Kier molecular flexibility index (Phi) is 8.31. The molecule has 1 radical (unpaired) electrons. The van der Waals surface area contributed by atoms with Crippen LogP contribution < -0.4 is 0 Å². The molecule has 3 heterocycles. The first-order valence-corrected chi connectivity index (χ1v) is 12.9. The molecule has 0 aliphatic heterocycles. The van der Waals surface area contributed by atoms with Crippen molar-refractivity contribution in [1.29, 1.82) is 0 Å². The van der Waals surface area contributed by atoms with E-state index in [9.17, 15) is 0 Å². The van der Waals surface area contributed by atoms with Crippen molar-refractivity contribution >= 4 is 21.9 Å². The summed E-state index contributed by atoms with van der Waals surface area (Å²) in [6, 6.07) is 43.0. The Bertz CT molecular complexity index is 1880. The Balaban J connectivity index is 0.000000158. The van der Waals surface area contributed by atoms with E-state index < -0.39 is 0 Å². The van der Waals surface area contributed by atoms with Crippen LogP contribution in [0, 0.1) is 26.0 Å². The molecule has 0 fully saturated rings. The Morgan fingerprint density at radius 2 is 1.48 bits per heavy atom. The molecular weight excluding hydrogens is 669 g/mol. The van der Waals surface area contributed by atoms with Crippen molar-refractivity contribution in [2.45, 2.75) is 13.8 Å². The Morgan fingerprint density at radius 1 is 0.675 bits per heavy atom. The quantitative estimate of drug-likeness (QED) is 0.173. The molecular formula is C36H26IrN2O-2. The van der Waals surface area contributed by atoms with Crippen LogP contribution in [0.15, 0.2) is 126 Å². The molecule has 3 aromatic heterocycles. The van der Waals surface area contributed by atoms with Crippen LogP contribution in [0.25, 0.3) is 55.6 Å². The van der Waals surface area contributed by atoms with Gasteiger partial charge in [0, 0.05) is 43.4 Å². The van der Waals surface area contributed by atoms with Gasteiger partial charge in [0.2, 0.25) is 0 Å². The molecule has 0 saturated carbocycles. The smallest absolute Gasteiger partial charge is 0.120 e. The van der Waals surface area contributed by atoms with E-state index in [0.29, 0.717) is 0 Å². The predicted molar refractivity (Wildman–Crippen MR) is 159 cm³/mol. The summed E-state index contributed by atoms with van der Waals surface area (Å²) < 4.78 is 6.01. The molecule has 0 bridgehead atoms. The molecule has 40 heavy (non-hydrogen) atoms. The van der Waals surface area contributed by atoms with E-state index in [4.69, 9.17) is 4.42 Å². The van der Waals surface area contributed by atoms with Gasteiger partial charge in [0.1, 0.15) is 5.58 Å². The summed E-state index contributed by atoms with van der Waals surface area (Å²) in [5, 5.41) is 2.24. The van der Waals surface area contributed by atoms with Crippen molar-refractivity contribution in [1.82, 2.24) is 9.97 Å². The largest absolute Gasteiger partial charge is 0.501 e. The fraction of sp³-hybridized carbons (Fsp3) is 0.0556. The second kappa shape index (κ2) is 12.2. The van der Waals surface area contributed by atoms with Crippen LogP contribution in [0.5, 0.6) is 0 Å². The number of hydrogen-bond acceptors (Lipinski definition) is 3. The van der Waals surface area contributed by atoms with Gasteiger partial charge in [0.25, 0.3) is 0 Å². The molecule has 7 aromatic rings. The van der Waals surface area contributed by atoms with Gasteiger partial charge in [-0.1, -0.05) is 77.2 Å². The number of benzene rings is 4. The Hall–Kier alpha value is -4.37. The van der Waals surface area contributed by atoms with Crippen LogP contribution in [0.3, 0.4) is 0 Å². The molecule has 4 heteroatoms. The molecule has 3 nitrogen and oxygen atoms in total. The topological polar surface area (TPSA) is 38.9 Å². The van der Waals surface area contributed by atoms with Gasteiger partial charge in [-0.2, -0.15) is 0 Å². The summed E-state index contributed by atoms with van der Waals surface area (Å²) in [4.78, 5) is 8.99. The third kappa shape index (κ3) is 5.65. The van der Waals surface area contributed by atoms with Crippen molar-refractivity contribution in [2.24, 2.45) is 0 Å². The molecule has 0 aliphatic rings. The van der Waals surface area contributed by atoms with Crippen LogP contribution >= 0.6 is 0 Å². The van der Waals surface area contributed by atoms with Gasteiger partial charge in [0.15, 0.2) is 0 Å². The zero-order valence-electron chi connectivity index (χ0n) is 22.2. The van der Waals surface area contributed by atoms with Gasteiger partial charge < -0.3 is 14.4 Å². The molecule has 0 spiro atoms. The van der Waals surface area contributed by atoms with Crippen molar-refractivity contribution in [3.05, 3.63) is 145 Å². The third-order valence-electron chi connectivity index (χ3n) is 6.69. The maximum atomic E-state index is 6.01. The van der Waals surface area contributed by atoms with Gasteiger partial charge in [-0.05, 0) is 48.5 Å². The van der Waals surface area contributed by atoms with Crippen molar-refractivity contribution in [3.8, 4) is 33.6 Å². The number of nitrogens with zero attached hydrogens (tertiary/aromatic N) is 2. The number of para-hydroxylation sites is 1. The fourth-order valence-electron chi connectivity index (χ4n) is 4.73. The van der Waals surface area contributed by atoms with Crippen LogP contribution in [0.4, 0.5) is 0 Å². The first-order valence-electron chi connectivity index (χ1n) is 12.9. The molecule has 4 aromatic carbocycles.